The van der Waals surface area contributed by atoms with Crippen molar-refractivity contribution in [3.63, 3.8) is 0 Å². The Balaban J connectivity index is 1.89. The lowest BCUT2D eigenvalue weighted by Gasteiger charge is -2.23. The number of benzene rings is 1. The van der Waals surface area contributed by atoms with Crippen molar-refractivity contribution in [3.8, 4) is 0 Å². The number of esters is 1. The van der Waals surface area contributed by atoms with E-state index in [0.29, 0.717) is 16.9 Å². The molecule has 6 nitrogen and oxygen atoms in total. The summed E-state index contributed by atoms with van der Waals surface area (Å²) in [5, 5.41) is 0. The number of pyridine rings is 1. The van der Waals surface area contributed by atoms with E-state index >= 15 is 0 Å². The number of anilines is 1. The third-order valence-electron chi connectivity index (χ3n) is 4.32. The molecule has 3 rings (SSSR count). The molecule has 0 radical (unpaired) electrons. The van der Waals surface area contributed by atoms with Crippen LogP contribution in [-0.4, -0.2) is 32.7 Å². The molecule has 0 saturated carbocycles. The fourth-order valence-corrected chi connectivity index (χ4v) is 3.88. The maximum atomic E-state index is 12.3. The smallest absolute Gasteiger partial charge is 0.339 e. The Morgan fingerprint density at radius 2 is 1.96 bits per heavy atom. The summed E-state index contributed by atoms with van der Waals surface area (Å²) in [5.74, 6) is -0.474. The predicted octanol–water partition coefficient (Wildman–Crippen LogP) is 2.32. The number of ether oxygens (including phenoxy) is 1. The molecule has 0 unspecified atom stereocenters. The van der Waals surface area contributed by atoms with Gasteiger partial charge in [-0.15, -0.1) is 0 Å². The maximum Gasteiger partial charge on any atom is 0.339 e. The molecule has 1 heterocycles. The van der Waals surface area contributed by atoms with Crippen molar-refractivity contribution in [2.75, 3.05) is 17.7 Å². The lowest BCUT2D eigenvalue weighted by atomic mass is 10.1. The summed E-state index contributed by atoms with van der Waals surface area (Å²) in [6, 6.07) is 9.01. The summed E-state index contributed by atoms with van der Waals surface area (Å²) >= 11 is 0. The van der Waals surface area contributed by atoms with Gasteiger partial charge in [0.1, 0.15) is 0 Å². The number of aryl methyl sites for hydroxylation is 2. The molecule has 0 aliphatic heterocycles. The molecule has 0 fully saturated rings. The molecule has 0 spiro atoms. The molecule has 7 heteroatoms. The second-order valence-electron chi connectivity index (χ2n) is 6.11. The Hall–Kier alpha value is -2.41. The van der Waals surface area contributed by atoms with Crippen molar-refractivity contribution < 1.29 is 17.9 Å². The van der Waals surface area contributed by atoms with Crippen LogP contribution < -0.4 is 4.31 Å². The monoisotopic (exact) mass is 360 g/mol. The first-order valence-corrected chi connectivity index (χ1v) is 9.86. The van der Waals surface area contributed by atoms with Gasteiger partial charge in [-0.2, -0.15) is 0 Å². The molecule has 0 amide bonds. The predicted molar refractivity (Wildman–Crippen MR) is 95.1 cm³/mol. The molecule has 0 atom stereocenters. The van der Waals surface area contributed by atoms with E-state index in [4.69, 9.17) is 0 Å². The van der Waals surface area contributed by atoms with Crippen molar-refractivity contribution in [1.82, 2.24) is 4.98 Å². The molecule has 1 aromatic carbocycles. The van der Waals surface area contributed by atoms with Crippen molar-refractivity contribution in [1.29, 1.82) is 0 Å². The molecule has 0 N–H and O–H groups in total. The lowest BCUT2D eigenvalue weighted by molar-refractivity contribution is 0.0600. The minimum absolute atomic E-state index is 0.110. The van der Waals surface area contributed by atoms with Crippen LogP contribution in [0.2, 0.25) is 0 Å². The van der Waals surface area contributed by atoms with Crippen LogP contribution in [0.15, 0.2) is 36.5 Å². The molecule has 1 aromatic heterocycles. The van der Waals surface area contributed by atoms with Crippen LogP contribution in [0.4, 0.5) is 5.69 Å². The van der Waals surface area contributed by atoms with Gasteiger partial charge >= 0.3 is 5.97 Å². The van der Waals surface area contributed by atoms with Gasteiger partial charge in [0.2, 0.25) is 10.0 Å². The highest BCUT2D eigenvalue weighted by atomic mass is 32.2. The fraction of sp³-hybridized carbons (Fsp3) is 0.333. The summed E-state index contributed by atoms with van der Waals surface area (Å²) in [5.41, 5.74) is 4.02. The Bertz CT molecular complexity index is 892. The molecule has 0 bridgehead atoms. The van der Waals surface area contributed by atoms with Gasteiger partial charge in [0, 0.05) is 6.20 Å². The minimum Gasteiger partial charge on any atom is -0.465 e. The number of methoxy groups -OCH3 is 1. The van der Waals surface area contributed by atoms with Gasteiger partial charge < -0.3 is 4.74 Å². The van der Waals surface area contributed by atoms with Crippen LogP contribution in [0.25, 0.3) is 0 Å². The van der Waals surface area contributed by atoms with Crippen LogP contribution >= 0.6 is 0 Å². The fourth-order valence-electron chi connectivity index (χ4n) is 3.02. The summed E-state index contributed by atoms with van der Waals surface area (Å²) in [6.07, 6.45) is 5.71. The van der Waals surface area contributed by atoms with Gasteiger partial charge in [-0.05, 0) is 54.7 Å². The van der Waals surface area contributed by atoms with Gasteiger partial charge in [-0.1, -0.05) is 6.07 Å². The molecule has 0 saturated heterocycles. The first-order chi connectivity index (χ1) is 11.9. The minimum atomic E-state index is -3.46. The third-order valence-corrected chi connectivity index (χ3v) is 5.46. The number of rotatable bonds is 5. The van der Waals surface area contributed by atoms with Crippen molar-refractivity contribution in [2.45, 2.75) is 25.8 Å². The highest BCUT2D eigenvalue weighted by molar-refractivity contribution is 7.92. The SMILES string of the molecule is COC(=O)c1ccc(CN(c2ccc3c(c2)CCC3)S(C)(=O)=O)nc1. The van der Waals surface area contributed by atoms with Crippen molar-refractivity contribution >= 4 is 21.7 Å². The van der Waals surface area contributed by atoms with E-state index in [0.717, 1.165) is 19.3 Å². The molecule has 1 aliphatic rings. The van der Waals surface area contributed by atoms with E-state index in [-0.39, 0.29) is 6.54 Å². The Morgan fingerprint density at radius 3 is 2.60 bits per heavy atom. The number of hydrogen-bond donors (Lipinski definition) is 0. The van der Waals surface area contributed by atoms with Crippen LogP contribution in [0.3, 0.4) is 0 Å². The van der Waals surface area contributed by atoms with Gasteiger partial charge in [-0.3, -0.25) is 9.29 Å². The second-order valence-corrected chi connectivity index (χ2v) is 8.01. The molecule has 25 heavy (non-hydrogen) atoms. The highest BCUT2D eigenvalue weighted by Crippen LogP contribution is 2.28. The normalized spacial score (nSPS) is 13.4. The highest BCUT2D eigenvalue weighted by Gasteiger charge is 2.21. The van der Waals surface area contributed by atoms with E-state index in [1.54, 1.807) is 12.1 Å². The molecule has 1 aliphatic carbocycles. The van der Waals surface area contributed by atoms with E-state index in [1.165, 1.54) is 35.0 Å². The van der Waals surface area contributed by atoms with Crippen molar-refractivity contribution in [3.05, 3.63) is 58.9 Å². The summed E-state index contributed by atoms with van der Waals surface area (Å²) in [6.45, 7) is 0.110. The molecular formula is C18H20N2O4S. The van der Waals surface area contributed by atoms with Gasteiger partial charge in [0.15, 0.2) is 0 Å². The van der Waals surface area contributed by atoms with Crippen LogP contribution in [0, 0.1) is 0 Å². The Kier molecular flexibility index (Phi) is 4.76. The van der Waals surface area contributed by atoms with Crippen LogP contribution in [-0.2, 0) is 34.1 Å². The zero-order chi connectivity index (χ0) is 18.0. The first-order valence-electron chi connectivity index (χ1n) is 8.01. The zero-order valence-corrected chi connectivity index (χ0v) is 15.0. The number of sulfonamides is 1. The molecule has 132 valence electrons. The lowest BCUT2D eigenvalue weighted by Crippen LogP contribution is -2.29. The number of carbonyl (C=O) groups excluding carboxylic acids is 1. The topological polar surface area (TPSA) is 76.6 Å². The number of aromatic nitrogens is 1. The van der Waals surface area contributed by atoms with Crippen LogP contribution in [0.5, 0.6) is 0 Å². The number of nitrogens with zero attached hydrogens (tertiary/aromatic N) is 2. The van der Waals surface area contributed by atoms with Gasteiger partial charge in [-0.25, -0.2) is 13.2 Å². The largest absolute Gasteiger partial charge is 0.465 e. The molecule has 2 aromatic rings. The third kappa shape index (κ3) is 3.82. The van der Waals surface area contributed by atoms with Crippen LogP contribution in [0.1, 0.15) is 33.6 Å². The van der Waals surface area contributed by atoms with Gasteiger partial charge in [0.05, 0.1) is 36.9 Å². The number of carbonyl (C=O) groups is 1. The quantitative estimate of drug-likeness (QED) is 0.765. The Morgan fingerprint density at radius 1 is 1.20 bits per heavy atom. The zero-order valence-electron chi connectivity index (χ0n) is 14.2. The summed E-state index contributed by atoms with van der Waals surface area (Å²) < 4.78 is 30.5. The van der Waals surface area contributed by atoms with Crippen molar-refractivity contribution in [2.24, 2.45) is 0 Å². The second kappa shape index (κ2) is 6.84. The number of fused-ring (bicyclic) bond motifs is 1. The average molecular weight is 360 g/mol. The Labute approximate surface area is 147 Å². The standard InChI is InChI=1S/C18H20N2O4S/c1-24-18(21)15-6-8-16(19-11-15)12-20(25(2,22)23)17-9-7-13-4-3-5-14(13)10-17/h6-11H,3-5,12H2,1-2H3. The molecular weight excluding hydrogens is 340 g/mol. The van der Waals surface area contributed by atoms with E-state index in [9.17, 15) is 13.2 Å². The van der Waals surface area contributed by atoms with E-state index in [1.807, 2.05) is 18.2 Å². The van der Waals surface area contributed by atoms with E-state index in [2.05, 4.69) is 9.72 Å². The maximum absolute atomic E-state index is 12.3. The van der Waals surface area contributed by atoms with Gasteiger partial charge in [0.25, 0.3) is 0 Å². The number of hydrogen-bond acceptors (Lipinski definition) is 5. The summed E-state index contributed by atoms with van der Waals surface area (Å²) in [7, 11) is -2.16. The summed E-state index contributed by atoms with van der Waals surface area (Å²) in [4.78, 5) is 15.7. The first kappa shape index (κ1) is 17.4. The average Bonchev–Trinajstić information content (AvgIpc) is 3.06. The van der Waals surface area contributed by atoms with E-state index < -0.39 is 16.0 Å².